The quantitative estimate of drug-likeness (QED) is 0.785. The third kappa shape index (κ3) is 4.65. The molecule has 1 saturated carbocycles. The molecule has 2 aromatic rings. The summed E-state index contributed by atoms with van der Waals surface area (Å²) in [4.78, 5) is 0. The molecule has 1 saturated heterocycles. The highest BCUT2D eigenvalue weighted by Crippen LogP contribution is 2.35. The van der Waals surface area contributed by atoms with E-state index >= 15 is 0 Å². The summed E-state index contributed by atoms with van der Waals surface area (Å²) >= 11 is -1.12. The molecule has 0 spiro atoms. The minimum absolute atomic E-state index is 0.520. The van der Waals surface area contributed by atoms with Crippen LogP contribution in [0.4, 0.5) is 5.69 Å². The van der Waals surface area contributed by atoms with Crippen molar-refractivity contribution in [3.63, 3.8) is 0 Å². The fourth-order valence-corrected chi connectivity index (χ4v) is 5.13. The summed E-state index contributed by atoms with van der Waals surface area (Å²) in [6, 6.07) is 17.8. The molecule has 28 heavy (non-hydrogen) atoms. The SMILES string of the molecule is CC1(C)CCC(NCc2ccc(-c3cccc(N4CCNS4=O)c3)cc2)CC1. The first kappa shape index (κ1) is 19.6. The van der Waals surface area contributed by atoms with E-state index in [-0.39, 0.29) is 0 Å². The molecule has 150 valence electrons. The molecule has 1 heterocycles. The number of rotatable bonds is 5. The lowest BCUT2D eigenvalue weighted by atomic mass is 9.75. The number of hydrogen-bond donors (Lipinski definition) is 2. The minimum Gasteiger partial charge on any atom is -0.310 e. The van der Waals surface area contributed by atoms with Crippen LogP contribution in [0.15, 0.2) is 48.5 Å². The molecule has 1 unspecified atom stereocenters. The molecule has 2 aromatic carbocycles. The Hall–Kier alpha value is -1.69. The topological polar surface area (TPSA) is 44.4 Å². The van der Waals surface area contributed by atoms with Crippen LogP contribution < -0.4 is 14.3 Å². The van der Waals surface area contributed by atoms with Crippen molar-refractivity contribution in [2.24, 2.45) is 5.41 Å². The van der Waals surface area contributed by atoms with Gasteiger partial charge in [0.15, 0.2) is 11.2 Å². The van der Waals surface area contributed by atoms with Crippen LogP contribution in [0, 0.1) is 5.41 Å². The second kappa shape index (κ2) is 8.36. The van der Waals surface area contributed by atoms with Gasteiger partial charge in [0.2, 0.25) is 0 Å². The van der Waals surface area contributed by atoms with Crippen molar-refractivity contribution in [3.8, 4) is 11.1 Å². The van der Waals surface area contributed by atoms with Crippen LogP contribution in [0.2, 0.25) is 0 Å². The van der Waals surface area contributed by atoms with Crippen LogP contribution in [0.25, 0.3) is 11.1 Å². The molecule has 0 radical (unpaired) electrons. The number of nitrogens with zero attached hydrogens (tertiary/aromatic N) is 1. The summed E-state index contributed by atoms with van der Waals surface area (Å²) in [5.41, 5.74) is 5.21. The van der Waals surface area contributed by atoms with Crippen molar-refractivity contribution >= 4 is 16.9 Å². The lowest BCUT2D eigenvalue weighted by molar-refractivity contribution is 0.206. The molecule has 1 aliphatic heterocycles. The molecule has 0 aromatic heterocycles. The van der Waals surface area contributed by atoms with E-state index in [4.69, 9.17) is 0 Å². The molecule has 0 amide bonds. The van der Waals surface area contributed by atoms with Gasteiger partial charge in [-0.2, -0.15) is 0 Å². The normalized spacial score (nSPS) is 22.5. The van der Waals surface area contributed by atoms with Crippen molar-refractivity contribution in [2.75, 3.05) is 17.4 Å². The molecule has 1 aliphatic carbocycles. The molecular weight excluding hydrogens is 366 g/mol. The summed E-state index contributed by atoms with van der Waals surface area (Å²) in [6.45, 7) is 7.24. The van der Waals surface area contributed by atoms with E-state index in [2.05, 4.69) is 60.3 Å². The highest BCUT2D eigenvalue weighted by atomic mass is 32.2. The standard InChI is InChI=1S/C23H31N3OS/c1-23(2)12-10-21(11-13-23)24-17-18-6-8-19(9-7-18)20-4-3-5-22(16-20)26-15-14-25-28(26)27/h3-9,16,21,24-25H,10-15,17H2,1-2H3. The second-order valence-corrected chi connectivity index (χ2v) is 10.0. The lowest BCUT2D eigenvalue weighted by Crippen LogP contribution is -2.35. The molecule has 2 aliphatic rings. The predicted octanol–water partition coefficient (Wildman–Crippen LogP) is 4.40. The van der Waals surface area contributed by atoms with E-state index in [1.165, 1.54) is 36.8 Å². The molecule has 1 atom stereocenters. The maximum atomic E-state index is 12.0. The van der Waals surface area contributed by atoms with Crippen molar-refractivity contribution in [3.05, 3.63) is 54.1 Å². The third-order valence-corrected chi connectivity index (χ3v) is 7.34. The van der Waals surface area contributed by atoms with E-state index in [1.54, 1.807) is 0 Å². The second-order valence-electron chi connectivity index (χ2n) is 8.81. The Morgan fingerprint density at radius 2 is 1.86 bits per heavy atom. The number of hydrogen-bond acceptors (Lipinski definition) is 2. The van der Waals surface area contributed by atoms with Crippen LogP contribution in [-0.2, 0) is 17.7 Å². The van der Waals surface area contributed by atoms with Gasteiger partial charge in [-0.05, 0) is 59.9 Å². The monoisotopic (exact) mass is 397 g/mol. The Labute approximate surface area is 171 Å². The number of nitrogens with one attached hydrogen (secondary N) is 2. The number of anilines is 1. The zero-order chi connectivity index (χ0) is 19.6. The molecule has 5 heteroatoms. The van der Waals surface area contributed by atoms with Crippen LogP contribution in [0.3, 0.4) is 0 Å². The van der Waals surface area contributed by atoms with Gasteiger partial charge in [-0.3, -0.25) is 4.31 Å². The average molecular weight is 398 g/mol. The van der Waals surface area contributed by atoms with Crippen molar-refractivity contribution in [1.82, 2.24) is 10.0 Å². The van der Waals surface area contributed by atoms with Crippen LogP contribution in [-0.4, -0.2) is 23.3 Å². The Balaban J connectivity index is 1.38. The van der Waals surface area contributed by atoms with Gasteiger partial charge >= 0.3 is 0 Å². The molecule has 4 nitrogen and oxygen atoms in total. The van der Waals surface area contributed by atoms with E-state index in [0.717, 1.165) is 30.9 Å². The maximum absolute atomic E-state index is 12.0. The van der Waals surface area contributed by atoms with E-state index in [9.17, 15) is 4.21 Å². The van der Waals surface area contributed by atoms with Gasteiger partial charge in [0.1, 0.15) is 0 Å². The van der Waals surface area contributed by atoms with E-state index in [0.29, 0.717) is 11.5 Å². The molecular formula is C23H31N3OS. The smallest absolute Gasteiger partial charge is 0.196 e. The average Bonchev–Trinajstić information content (AvgIpc) is 3.14. The predicted molar refractivity (Wildman–Crippen MR) is 118 cm³/mol. The van der Waals surface area contributed by atoms with E-state index < -0.39 is 11.2 Å². The van der Waals surface area contributed by atoms with Gasteiger partial charge in [-0.25, -0.2) is 8.93 Å². The lowest BCUT2D eigenvalue weighted by Gasteiger charge is -2.34. The zero-order valence-electron chi connectivity index (χ0n) is 16.9. The first-order valence-corrected chi connectivity index (χ1v) is 11.5. The van der Waals surface area contributed by atoms with Gasteiger partial charge < -0.3 is 5.32 Å². The maximum Gasteiger partial charge on any atom is 0.196 e. The van der Waals surface area contributed by atoms with Crippen molar-refractivity contribution in [1.29, 1.82) is 0 Å². The van der Waals surface area contributed by atoms with Crippen LogP contribution >= 0.6 is 0 Å². The van der Waals surface area contributed by atoms with Crippen LogP contribution in [0.5, 0.6) is 0 Å². The summed E-state index contributed by atoms with van der Waals surface area (Å²) in [5, 5.41) is 3.74. The Morgan fingerprint density at radius 3 is 2.54 bits per heavy atom. The molecule has 4 rings (SSSR count). The Bertz CT molecular complexity index is 824. The summed E-state index contributed by atoms with van der Waals surface area (Å²) < 4.78 is 16.9. The zero-order valence-corrected chi connectivity index (χ0v) is 17.7. The first-order valence-electron chi connectivity index (χ1n) is 10.4. The highest BCUT2D eigenvalue weighted by molar-refractivity contribution is 7.84. The van der Waals surface area contributed by atoms with Crippen molar-refractivity contribution < 1.29 is 4.21 Å². The number of benzene rings is 2. The molecule has 2 fully saturated rings. The molecule has 2 N–H and O–H groups in total. The van der Waals surface area contributed by atoms with Crippen LogP contribution in [0.1, 0.15) is 45.1 Å². The minimum atomic E-state index is -1.12. The third-order valence-electron chi connectivity index (χ3n) is 6.10. The Morgan fingerprint density at radius 1 is 1.11 bits per heavy atom. The highest BCUT2D eigenvalue weighted by Gasteiger charge is 2.26. The first-order chi connectivity index (χ1) is 13.5. The van der Waals surface area contributed by atoms with Gasteiger partial charge in [0.25, 0.3) is 0 Å². The van der Waals surface area contributed by atoms with Gasteiger partial charge in [0.05, 0.1) is 5.69 Å². The van der Waals surface area contributed by atoms with Gasteiger partial charge in [0, 0.05) is 25.7 Å². The fraction of sp³-hybridized carbons (Fsp3) is 0.478. The summed E-state index contributed by atoms with van der Waals surface area (Å²) in [6.07, 6.45) is 5.20. The largest absolute Gasteiger partial charge is 0.310 e. The fourth-order valence-electron chi connectivity index (χ4n) is 4.14. The van der Waals surface area contributed by atoms with E-state index in [1.807, 2.05) is 16.4 Å². The van der Waals surface area contributed by atoms with Gasteiger partial charge in [-0.1, -0.05) is 50.2 Å². The summed E-state index contributed by atoms with van der Waals surface area (Å²) in [5.74, 6) is 0. The Kier molecular flexibility index (Phi) is 5.85. The summed E-state index contributed by atoms with van der Waals surface area (Å²) in [7, 11) is 0. The molecule has 0 bridgehead atoms. The van der Waals surface area contributed by atoms with Crippen molar-refractivity contribution in [2.45, 2.75) is 52.1 Å². The van der Waals surface area contributed by atoms with Gasteiger partial charge in [-0.15, -0.1) is 0 Å².